The van der Waals surface area contributed by atoms with Crippen LogP contribution in [-0.2, 0) is 0 Å². The summed E-state index contributed by atoms with van der Waals surface area (Å²) in [4.78, 5) is 4.38. The van der Waals surface area contributed by atoms with E-state index in [1.165, 1.54) is 19.3 Å². The third-order valence-electron chi connectivity index (χ3n) is 3.09. The van der Waals surface area contributed by atoms with Crippen molar-refractivity contribution in [2.45, 2.75) is 39.5 Å². The van der Waals surface area contributed by atoms with Crippen LogP contribution in [0.2, 0.25) is 0 Å². The van der Waals surface area contributed by atoms with Crippen molar-refractivity contribution in [3.05, 3.63) is 0 Å². The lowest BCUT2D eigenvalue weighted by Crippen LogP contribution is -2.32. The van der Waals surface area contributed by atoms with E-state index in [2.05, 4.69) is 24.2 Å². The zero-order valence-electron chi connectivity index (χ0n) is 9.42. The minimum absolute atomic E-state index is 0.617. The van der Waals surface area contributed by atoms with Crippen LogP contribution >= 0.6 is 0 Å². The molecule has 0 saturated heterocycles. The Morgan fingerprint density at radius 3 is 2.86 bits per heavy atom. The Balaban J connectivity index is 2.23. The molecule has 0 aromatic carbocycles. The molecular weight excluding hydrogens is 174 g/mol. The Kier molecular flexibility index (Phi) is 4.77. The van der Waals surface area contributed by atoms with Crippen LogP contribution in [0.1, 0.15) is 39.5 Å². The molecule has 0 spiro atoms. The SMILES string of the molecule is CCCNC(N)=NCC1CCCC1C. The molecule has 3 heteroatoms. The number of aliphatic imine (C=N–C) groups is 1. The summed E-state index contributed by atoms with van der Waals surface area (Å²) in [6.45, 7) is 6.28. The smallest absolute Gasteiger partial charge is 0.188 e. The molecule has 2 unspecified atom stereocenters. The van der Waals surface area contributed by atoms with E-state index in [4.69, 9.17) is 5.73 Å². The number of nitrogens with zero attached hydrogens (tertiary/aromatic N) is 1. The van der Waals surface area contributed by atoms with E-state index in [1.54, 1.807) is 0 Å². The van der Waals surface area contributed by atoms with Gasteiger partial charge in [-0.05, 0) is 24.7 Å². The predicted molar refractivity (Wildman–Crippen MR) is 61.3 cm³/mol. The third-order valence-corrected chi connectivity index (χ3v) is 3.09. The van der Waals surface area contributed by atoms with Crippen molar-refractivity contribution in [2.75, 3.05) is 13.1 Å². The number of rotatable bonds is 4. The maximum Gasteiger partial charge on any atom is 0.188 e. The van der Waals surface area contributed by atoms with Gasteiger partial charge in [-0.25, -0.2) is 0 Å². The van der Waals surface area contributed by atoms with Crippen molar-refractivity contribution >= 4 is 5.96 Å². The third kappa shape index (κ3) is 3.56. The Morgan fingerprint density at radius 1 is 1.50 bits per heavy atom. The molecule has 82 valence electrons. The molecule has 3 N–H and O–H groups in total. The molecule has 1 rings (SSSR count). The molecule has 1 fully saturated rings. The Morgan fingerprint density at radius 2 is 2.29 bits per heavy atom. The summed E-state index contributed by atoms with van der Waals surface area (Å²) in [5.74, 6) is 2.21. The summed E-state index contributed by atoms with van der Waals surface area (Å²) >= 11 is 0. The van der Waals surface area contributed by atoms with Gasteiger partial charge in [0.1, 0.15) is 0 Å². The lowest BCUT2D eigenvalue weighted by Gasteiger charge is -2.12. The second-order valence-corrected chi connectivity index (χ2v) is 4.32. The van der Waals surface area contributed by atoms with Gasteiger partial charge in [0, 0.05) is 13.1 Å². The molecule has 2 atom stereocenters. The van der Waals surface area contributed by atoms with Crippen LogP contribution < -0.4 is 11.1 Å². The van der Waals surface area contributed by atoms with Crippen molar-refractivity contribution in [3.63, 3.8) is 0 Å². The van der Waals surface area contributed by atoms with Crippen LogP contribution in [0.15, 0.2) is 4.99 Å². The van der Waals surface area contributed by atoms with Crippen LogP contribution in [0.3, 0.4) is 0 Å². The molecule has 0 aromatic heterocycles. The zero-order chi connectivity index (χ0) is 10.4. The number of guanidine groups is 1. The summed E-state index contributed by atoms with van der Waals surface area (Å²) in [7, 11) is 0. The molecule has 3 nitrogen and oxygen atoms in total. The van der Waals surface area contributed by atoms with Gasteiger partial charge in [-0.15, -0.1) is 0 Å². The Bertz CT molecular complexity index is 189. The molecule has 1 aliphatic carbocycles. The minimum atomic E-state index is 0.617. The van der Waals surface area contributed by atoms with Crippen LogP contribution in [0.4, 0.5) is 0 Å². The molecule has 0 radical (unpaired) electrons. The highest BCUT2D eigenvalue weighted by atomic mass is 15.1. The average molecular weight is 197 g/mol. The van der Waals surface area contributed by atoms with Gasteiger partial charge in [0.2, 0.25) is 0 Å². The van der Waals surface area contributed by atoms with E-state index in [9.17, 15) is 0 Å². The summed E-state index contributed by atoms with van der Waals surface area (Å²) in [6, 6.07) is 0. The first-order chi connectivity index (χ1) is 6.74. The van der Waals surface area contributed by atoms with Crippen LogP contribution in [0.5, 0.6) is 0 Å². The summed E-state index contributed by atoms with van der Waals surface area (Å²) in [5.41, 5.74) is 5.72. The van der Waals surface area contributed by atoms with Crippen molar-refractivity contribution in [1.29, 1.82) is 0 Å². The van der Waals surface area contributed by atoms with E-state index >= 15 is 0 Å². The van der Waals surface area contributed by atoms with E-state index < -0.39 is 0 Å². The lowest BCUT2D eigenvalue weighted by atomic mass is 9.99. The zero-order valence-corrected chi connectivity index (χ0v) is 9.42. The summed E-state index contributed by atoms with van der Waals surface area (Å²) in [5, 5.41) is 3.10. The maximum absolute atomic E-state index is 5.72. The largest absolute Gasteiger partial charge is 0.370 e. The van der Waals surface area contributed by atoms with Crippen LogP contribution in [0.25, 0.3) is 0 Å². The Hall–Kier alpha value is -0.730. The second-order valence-electron chi connectivity index (χ2n) is 4.32. The number of nitrogens with one attached hydrogen (secondary N) is 1. The molecule has 0 aliphatic heterocycles. The first kappa shape index (κ1) is 11.3. The normalized spacial score (nSPS) is 28.0. The molecular formula is C11H23N3. The maximum atomic E-state index is 5.72. The minimum Gasteiger partial charge on any atom is -0.370 e. The van der Waals surface area contributed by atoms with Crippen LogP contribution in [0, 0.1) is 11.8 Å². The summed E-state index contributed by atoms with van der Waals surface area (Å²) in [6.07, 6.45) is 5.15. The fourth-order valence-electron chi connectivity index (χ4n) is 2.02. The first-order valence-electron chi connectivity index (χ1n) is 5.77. The monoisotopic (exact) mass is 197 g/mol. The molecule has 0 aromatic rings. The average Bonchev–Trinajstić information content (AvgIpc) is 2.58. The van der Waals surface area contributed by atoms with Gasteiger partial charge in [-0.1, -0.05) is 26.7 Å². The predicted octanol–water partition coefficient (Wildman–Crippen LogP) is 1.74. The number of nitrogens with two attached hydrogens (primary N) is 1. The van der Waals surface area contributed by atoms with E-state index in [-0.39, 0.29) is 0 Å². The van der Waals surface area contributed by atoms with Gasteiger partial charge in [-0.3, -0.25) is 4.99 Å². The van der Waals surface area contributed by atoms with Crippen molar-refractivity contribution in [2.24, 2.45) is 22.6 Å². The van der Waals surface area contributed by atoms with Gasteiger partial charge in [0.05, 0.1) is 0 Å². The van der Waals surface area contributed by atoms with Crippen LogP contribution in [-0.4, -0.2) is 19.0 Å². The van der Waals surface area contributed by atoms with E-state index in [0.717, 1.165) is 31.3 Å². The number of hydrogen-bond donors (Lipinski definition) is 2. The fourth-order valence-corrected chi connectivity index (χ4v) is 2.02. The fraction of sp³-hybridized carbons (Fsp3) is 0.909. The van der Waals surface area contributed by atoms with Crippen molar-refractivity contribution < 1.29 is 0 Å². The highest BCUT2D eigenvalue weighted by Gasteiger charge is 2.22. The van der Waals surface area contributed by atoms with Gasteiger partial charge in [-0.2, -0.15) is 0 Å². The quantitative estimate of drug-likeness (QED) is 0.533. The standard InChI is InChI=1S/C11H23N3/c1-3-7-13-11(12)14-8-10-6-4-5-9(10)2/h9-10H,3-8H2,1-2H3,(H3,12,13,14). The molecule has 14 heavy (non-hydrogen) atoms. The highest BCUT2D eigenvalue weighted by Crippen LogP contribution is 2.30. The van der Waals surface area contributed by atoms with Gasteiger partial charge < -0.3 is 11.1 Å². The lowest BCUT2D eigenvalue weighted by molar-refractivity contribution is 0.429. The van der Waals surface area contributed by atoms with Gasteiger partial charge >= 0.3 is 0 Å². The second kappa shape index (κ2) is 5.89. The topological polar surface area (TPSA) is 50.4 Å². The van der Waals surface area contributed by atoms with E-state index in [0.29, 0.717) is 5.96 Å². The Labute approximate surface area is 87.2 Å². The van der Waals surface area contributed by atoms with Gasteiger partial charge in [0.25, 0.3) is 0 Å². The van der Waals surface area contributed by atoms with Crippen molar-refractivity contribution in [1.82, 2.24) is 5.32 Å². The molecule has 0 amide bonds. The van der Waals surface area contributed by atoms with Gasteiger partial charge in [0.15, 0.2) is 5.96 Å². The molecule has 0 heterocycles. The molecule has 0 bridgehead atoms. The van der Waals surface area contributed by atoms with E-state index in [1.807, 2.05) is 0 Å². The molecule has 1 aliphatic rings. The highest BCUT2D eigenvalue weighted by molar-refractivity contribution is 5.77. The first-order valence-corrected chi connectivity index (χ1v) is 5.77. The van der Waals surface area contributed by atoms with Crippen molar-refractivity contribution in [3.8, 4) is 0 Å². The summed E-state index contributed by atoms with van der Waals surface area (Å²) < 4.78 is 0. The number of hydrogen-bond acceptors (Lipinski definition) is 1. The molecule has 1 saturated carbocycles.